The summed E-state index contributed by atoms with van der Waals surface area (Å²) in [5, 5.41) is 5.48. The molecule has 0 saturated carbocycles. The number of rotatable bonds is 6. The highest BCUT2D eigenvalue weighted by atomic mass is 16.2. The van der Waals surface area contributed by atoms with Crippen molar-refractivity contribution in [3.8, 4) is 0 Å². The predicted octanol–water partition coefficient (Wildman–Crippen LogP) is 2.05. The van der Waals surface area contributed by atoms with Gasteiger partial charge in [-0.3, -0.25) is 4.79 Å². The van der Waals surface area contributed by atoms with Gasteiger partial charge in [0.2, 0.25) is 5.91 Å². The van der Waals surface area contributed by atoms with E-state index in [0.29, 0.717) is 19.5 Å². The summed E-state index contributed by atoms with van der Waals surface area (Å²) in [5.41, 5.74) is 2.25. The molecule has 0 aliphatic carbocycles. The number of benzene rings is 1. The first-order chi connectivity index (χ1) is 10.3. The zero-order chi connectivity index (χ0) is 16.8. The minimum Gasteiger partial charge on any atom is -0.359 e. The van der Waals surface area contributed by atoms with Crippen molar-refractivity contribution in [3.63, 3.8) is 0 Å². The molecular formula is C17H27N3O2. The lowest BCUT2D eigenvalue weighted by Crippen LogP contribution is -2.44. The fourth-order valence-electron chi connectivity index (χ4n) is 2.10. The number of hydrogen-bond donors (Lipinski definition) is 2. The highest BCUT2D eigenvalue weighted by Gasteiger charge is 2.22. The minimum atomic E-state index is -0.162. The van der Waals surface area contributed by atoms with Crippen molar-refractivity contribution < 1.29 is 9.59 Å². The molecule has 0 saturated heterocycles. The average molecular weight is 305 g/mol. The number of hydrogen-bond acceptors (Lipinski definition) is 2. The molecule has 0 fully saturated rings. The Kier molecular flexibility index (Phi) is 6.40. The van der Waals surface area contributed by atoms with Crippen molar-refractivity contribution >= 4 is 11.9 Å². The molecule has 122 valence electrons. The molecule has 0 heterocycles. The van der Waals surface area contributed by atoms with Crippen molar-refractivity contribution in [2.75, 3.05) is 27.2 Å². The molecule has 0 aliphatic rings. The lowest BCUT2D eigenvalue weighted by molar-refractivity contribution is -0.120. The number of carbonyl (C=O) groups is 2. The molecule has 1 aromatic rings. The molecule has 1 rings (SSSR count). The largest absolute Gasteiger partial charge is 0.359 e. The molecule has 2 N–H and O–H groups in total. The molecule has 5 heteroatoms. The first-order valence-electron chi connectivity index (χ1n) is 7.53. The van der Waals surface area contributed by atoms with Gasteiger partial charge in [-0.2, -0.15) is 0 Å². The number of urea groups is 1. The average Bonchev–Trinajstić information content (AvgIpc) is 2.49. The molecule has 0 aromatic heterocycles. The first-order valence-corrected chi connectivity index (χ1v) is 7.53. The lowest BCUT2D eigenvalue weighted by Gasteiger charge is -2.27. The maximum atomic E-state index is 12.1. The van der Waals surface area contributed by atoms with E-state index in [1.54, 1.807) is 14.1 Å². The summed E-state index contributed by atoms with van der Waals surface area (Å²) in [6, 6.07) is 8.15. The number of nitrogens with zero attached hydrogens (tertiary/aromatic N) is 1. The van der Waals surface area contributed by atoms with Crippen molar-refractivity contribution in [2.24, 2.45) is 0 Å². The smallest absolute Gasteiger partial charge is 0.317 e. The van der Waals surface area contributed by atoms with Gasteiger partial charge < -0.3 is 15.5 Å². The highest BCUT2D eigenvalue weighted by Crippen LogP contribution is 2.23. The van der Waals surface area contributed by atoms with Crippen LogP contribution in [0.15, 0.2) is 24.3 Å². The summed E-state index contributed by atoms with van der Waals surface area (Å²) in [7, 11) is 3.28. The zero-order valence-electron chi connectivity index (χ0n) is 14.2. The zero-order valence-corrected chi connectivity index (χ0v) is 14.2. The lowest BCUT2D eigenvalue weighted by atomic mass is 9.84. The van der Waals surface area contributed by atoms with Gasteiger partial charge in [-0.05, 0) is 12.5 Å². The molecule has 0 unspecified atom stereocenters. The van der Waals surface area contributed by atoms with Crippen molar-refractivity contribution in [2.45, 2.75) is 32.6 Å². The quantitative estimate of drug-likeness (QED) is 0.845. The summed E-state index contributed by atoms with van der Waals surface area (Å²) in [6.45, 7) is 7.21. The fourth-order valence-corrected chi connectivity index (χ4v) is 2.10. The molecule has 22 heavy (non-hydrogen) atoms. The molecule has 5 nitrogen and oxygen atoms in total. The number of carbonyl (C=O) groups excluding carboxylic acids is 2. The van der Waals surface area contributed by atoms with E-state index in [1.807, 2.05) is 6.07 Å². The van der Waals surface area contributed by atoms with Crippen LogP contribution < -0.4 is 10.6 Å². The Bertz CT molecular complexity index is 526. The molecule has 0 bridgehead atoms. The summed E-state index contributed by atoms with van der Waals surface area (Å²) in [6.07, 6.45) is 0.307. The van der Waals surface area contributed by atoms with Crippen molar-refractivity contribution in [1.29, 1.82) is 0 Å². The van der Waals surface area contributed by atoms with Gasteiger partial charge in [0.15, 0.2) is 0 Å². The van der Waals surface area contributed by atoms with Crippen molar-refractivity contribution in [1.82, 2.24) is 15.5 Å². The Labute approximate surface area is 133 Å². The van der Waals surface area contributed by atoms with Gasteiger partial charge in [0.25, 0.3) is 0 Å². The third kappa shape index (κ3) is 5.39. The second-order valence-electron chi connectivity index (χ2n) is 6.26. The van der Waals surface area contributed by atoms with Gasteiger partial charge in [0.05, 0.1) is 0 Å². The minimum absolute atomic E-state index is 0.0697. The van der Waals surface area contributed by atoms with Gasteiger partial charge in [-0.15, -0.1) is 0 Å². The van der Waals surface area contributed by atoms with E-state index in [9.17, 15) is 9.59 Å². The van der Waals surface area contributed by atoms with Crippen LogP contribution in [0.3, 0.4) is 0 Å². The van der Waals surface area contributed by atoms with Crippen LogP contribution in [0.2, 0.25) is 0 Å². The van der Waals surface area contributed by atoms with E-state index in [2.05, 4.69) is 49.6 Å². The van der Waals surface area contributed by atoms with E-state index in [0.717, 1.165) is 0 Å². The molecule has 1 aromatic carbocycles. The molecular weight excluding hydrogens is 278 g/mol. The van der Waals surface area contributed by atoms with Gasteiger partial charge in [0, 0.05) is 39.0 Å². The Morgan fingerprint density at radius 2 is 1.95 bits per heavy atom. The molecule has 3 amide bonds. The van der Waals surface area contributed by atoms with Crippen LogP contribution in [0, 0.1) is 6.92 Å². The van der Waals surface area contributed by atoms with Crippen LogP contribution in [-0.4, -0.2) is 44.0 Å². The predicted molar refractivity (Wildman–Crippen MR) is 88.9 cm³/mol. The Hall–Kier alpha value is -2.04. The number of amides is 3. The van der Waals surface area contributed by atoms with E-state index in [-0.39, 0.29) is 17.4 Å². The van der Waals surface area contributed by atoms with E-state index >= 15 is 0 Å². The van der Waals surface area contributed by atoms with Crippen LogP contribution >= 0.6 is 0 Å². The maximum absolute atomic E-state index is 12.1. The van der Waals surface area contributed by atoms with Crippen LogP contribution in [0.5, 0.6) is 0 Å². The van der Waals surface area contributed by atoms with E-state index in [1.165, 1.54) is 16.0 Å². The van der Waals surface area contributed by atoms with Gasteiger partial charge in [0.1, 0.15) is 0 Å². The van der Waals surface area contributed by atoms with Crippen LogP contribution in [-0.2, 0) is 10.2 Å². The summed E-state index contributed by atoms with van der Waals surface area (Å²) in [4.78, 5) is 24.8. The summed E-state index contributed by atoms with van der Waals surface area (Å²) in [5.74, 6) is -0.0697. The van der Waals surface area contributed by atoms with Crippen molar-refractivity contribution in [3.05, 3.63) is 35.4 Å². The van der Waals surface area contributed by atoms with Gasteiger partial charge in [-0.25, -0.2) is 4.79 Å². The van der Waals surface area contributed by atoms with E-state index in [4.69, 9.17) is 0 Å². The SMILES string of the molecule is CNC(=O)CCN(C)C(=O)NCC(C)(C)c1cccc(C)c1. The molecule has 0 aliphatic heterocycles. The maximum Gasteiger partial charge on any atom is 0.317 e. The normalized spacial score (nSPS) is 11.0. The van der Waals surface area contributed by atoms with Crippen LogP contribution in [0.25, 0.3) is 0 Å². The third-order valence-electron chi connectivity index (χ3n) is 3.78. The highest BCUT2D eigenvalue weighted by molar-refractivity contribution is 5.77. The Balaban J connectivity index is 2.53. The monoisotopic (exact) mass is 305 g/mol. The fraction of sp³-hybridized carbons (Fsp3) is 0.529. The van der Waals surface area contributed by atoms with Crippen LogP contribution in [0.1, 0.15) is 31.4 Å². The van der Waals surface area contributed by atoms with Gasteiger partial charge in [-0.1, -0.05) is 43.7 Å². The first kappa shape index (κ1) is 18.0. The second-order valence-corrected chi connectivity index (χ2v) is 6.26. The molecule has 0 atom stereocenters. The molecule has 0 radical (unpaired) electrons. The Morgan fingerprint density at radius 1 is 1.27 bits per heavy atom. The topological polar surface area (TPSA) is 61.4 Å². The summed E-state index contributed by atoms with van der Waals surface area (Å²) < 4.78 is 0. The summed E-state index contributed by atoms with van der Waals surface area (Å²) >= 11 is 0. The Morgan fingerprint density at radius 3 is 2.55 bits per heavy atom. The number of aryl methyl sites for hydroxylation is 1. The number of nitrogens with one attached hydrogen (secondary N) is 2. The second kappa shape index (κ2) is 7.82. The van der Waals surface area contributed by atoms with Gasteiger partial charge >= 0.3 is 6.03 Å². The molecule has 0 spiro atoms. The van der Waals surface area contributed by atoms with Crippen LogP contribution in [0.4, 0.5) is 4.79 Å². The standard InChI is InChI=1S/C17H27N3O2/c1-13-7-6-8-14(11-13)17(2,3)12-19-16(22)20(5)10-9-15(21)18-4/h6-8,11H,9-10,12H2,1-5H3,(H,18,21)(H,19,22). The van der Waals surface area contributed by atoms with E-state index < -0.39 is 0 Å². The third-order valence-corrected chi connectivity index (χ3v) is 3.78.